The molecule has 1 unspecified atom stereocenters. The van der Waals surface area contributed by atoms with E-state index in [0.717, 1.165) is 17.6 Å². The SMILES string of the molecule is CCC1(C)OB(c2ccccc2-n2c3ccccc3c3ccccc32)OC1(C)C. The molecule has 0 bridgehead atoms. The summed E-state index contributed by atoms with van der Waals surface area (Å²) in [5.74, 6) is 0. The molecule has 0 radical (unpaired) electrons. The van der Waals surface area contributed by atoms with Crippen molar-refractivity contribution in [2.45, 2.75) is 45.3 Å². The van der Waals surface area contributed by atoms with Crippen molar-refractivity contribution in [3.63, 3.8) is 0 Å². The van der Waals surface area contributed by atoms with Crippen molar-refractivity contribution in [3.8, 4) is 5.69 Å². The van der Waals surface area contributed by atoms with E-state index >= 15 is 0 Å². The summed E-state index contributed by atoms with van der Waals surface area (Å²) in [6.45, 7) is 8.56. The molecule has 4 aromatic rings. The Morgan fingerprint density at radius 2 is 1.31 bits per heavy atom. The quantitative estimate of drug-likeness (QED) is 0.438. The molecular formula is C25H26BNO2. The molecule has 1 saturated heterocycles. The van der Waals surface area contributed by atoms with Crippen molar-refractivity contribution in [1.82, 2.24) is 4.57 Å². The highest BCUT2D eigenvalue weighted by Crippen LogP contribution is 2.40. The molecule has 0 amide bonds. The normalized spacial score (nSPS) is 21.3. The summed E-state index contributed by atoms with van der Waals surface area (Å²) in [6, 6.07) is 25.6. The van der Waals surface area contributed by atoms with Crippen molar-refractivity contribution in [2.75, 3.05) is 0 Å². The molecule has 1 aliphatic rings. The number of hydrogen-bond acceptors (Lipinski definition) is 2. The van der Waals surface area contributed by atoms with Gasteiger partial charge in [-0.1, -0.05) is 61.5 Å². The molecule has 2 heterocycles. The van der Waals surface area contributed by atoms with E-state index in [9.17, 15) is 0 Å². The second kappa shape index (κ2) is 6.48. The Kier molecular flexibility index (Phi) is 4.13. The maximum absolute atomic E-state index is 6.53. The van der Waals surface area contributed by atoms with E-state index in [1.54, 1.807) is 0 Å². The maximum atomic E-state index is 6.53. The number of para-hydroxylation sites is 3. The minimum atomic E-state index is -0.397. The van der Waals surface area contributed by atoms with Crippen molar-refractivity contribution in [3.05, 3.63) is 72.8 Å². The summed E-state index contributed by atoms with van der Waals surface area (Å²) >= 11 is 0. The lowest BCUT2D eigenvalue weighted by Crippen LogP contribution is -2.44. The highest BCUT2D eigenvalue weighted by Gasteiger charge is 2.54. The molecule has 3 nitrogen and oxygen atoms in total. The van der Waals surface area contributed by atoms with Crippen molar-refractivity contribution in [2.24, 2.45) is 0 Å². The van der Waals surface area contributed by atoms with Gasteiger partial charge in [-0.3, -0.25) is 0 Å². The van der Waals surface area contributed by atoms with E-state index < -0.39 is 7.12 Å². The zero-order valence-electron chi connectivity index (χ0n) is 17.5. The van der Waals surface area contributed by atoms with Crippen LogP contribution in [0.2, 0.25) is 0 Å². The topological polar surface area (TPSA) is 23.4 Å². The fourth-order valence-electron chi connectivity index (χ4n) is 4.50. The van der Waals surface area contributed by atoms with Crippen molar-refractivity contribution < 1.29 is 9.31 Å². The van der Waals surface area contributed by atoms with Gasteiger partial charge in [-0.05, 0) is 45.4 Å². The monoisotopic (exact) mass is 383 g/mol. The predicted molar refractivity (Wildman–Crippen MR) is 121 cm³/mol. The van der Waals surface area contributed by atoms with Gasteiger partial charge >= 0.3 is 7.12 Å². The zero-order valence-corrected chi connectivity index (χ0v) is 17.5. The molecular weight excluding hydrogens is 357 g/mol. The summed E-state index contributed by atoms with van der Waals surface area (Å²) in [4.78, 5) is 0. The molecule has 0 saturated carbocycles. The largest absolute Gasteiger partial charge is 0.497 e. The Morgan fingerprint density at radius 3 is 1.90 bits per heavy atom. The summed E-state index contributed by atoms with van der Waals surface area (Å²) < 4.78 is 15.3. The van der Waals surface area contributed by atoms with Gasteiger partial charge in [0, 0.05) is 21.9 Å². The van der Waals surface area contributed by atoms with Crippen LogP contribution in [0.1, 0.15) is 34.1 Å². The third-order valence-corrected chi connectivity index (χ3v) is 6.73. The van der Waals surface area contributed by atoms with Crippen LogP contribution < -0.4 is 5.46 Å². The van der Waals surface area contributed by atoms with Crippen LogP contribution in [-0.2, 0) is 9.31 Å². The van der Waals surface area contributed by atoms with Gasteiger partial charge in [0.1, 0.15) is 0 Å². The maximum Gasteiger partial charge on any atom is 0.497 e. The molecule has 5 rings (SSSR count). The van der Waals surface area contributed by atoms with Gasteiger partial charge in [-0.25, -0.2) is 0 Å². The molecule has 0 N–H and O–H groups in total. The standard InChI is InChI=1S/C25H26BNO2/c1-5-25(4)24(2,3)28-26(29-25)20-14-8-11-17-23(20)27-21-15-9-6-12-18(21)19-13-7-10-16-22(19)27/h6-17H,5H2,1-4H3. The smallest absolute Gasteiger partial charge is 0.399 e. The summed E-state index contributed by atoms with van der Waals surface area (Å²) in [5.41, 5.74) is 3.86. The molecule has 29 heavy (non-hydrogen) atoms. The van der Waals surface area contributed by atoms with Crippen molar-refractivity contribution in [1.29, 1.82) is 0 Å². The molecule has 0 aliphatic carbocycles. The third kappa shape index (κ3) is 2.66. The average Bonchev–Trinajstić information content (AvgIpc) is 3.19. The van der Waals surface area contributed by atoms with E-state index in [1.807, 2.05) is 0 Å². The summed E-state index contributed by atoms with van der Waals surface area (Å²) in [7, 11) is -0.397. The van der Waals surface area contributed by atoms with E-state index in [-0.39, 0.29) is 11.2 Å². The highest BCUT2D eigenvalue weighted by molar-refractivity contribution is 6.63. The molecule has 4 heteroatoms. The van der Waals surface area contributed by atoms with Crippen LogP contribution in [0.25, 0.3) is 27.5 Å². The van der Waals surface area contributed by atoms with Crippen molar-refractivity contribution >= 4 is 34.4 Å². The first kappa shape index (κ1) is 18.5. The lowest BCUT2D eigenvalue weighted by Gasteiger charge is -2.35. The Bertz CT molecular complexity index is 1160. The lowest BCUT2D eigenvalue weighted by atomic mass is 9.77. The lowest BCUT2D eigenvalue weighted by molar-refractivity contribution is -0.0118. The van der Waals surface area contributed by atoms with Crippen LogP contribution in [0.15, 0.2) is 72.8 Å². The molecule has 3 aromatic carbocycles. The molecule has 1 fully saturated rings. The average molecular weight is 383 g/mol. The third-order valence-electron chi connectivity index (χ3n) is 6.73. The summed E-state index contributed by atoms with van der Waals surface area (Å²) in [5, 5.41) is 2.51. The molecule has 1 aliphatic heterocycles. The predicted octanol–water partition coefficient (Wildman–Crippen LogP) is 5.47. The van der Waals surface area contributed by atoms with Crippen LogP contribution in [0.4, 0.5) is 0 Å². The number of nitrogens with zero attached hydrogens (tertiary/aromatic N) is 1. The highest BCUT2D eigenvalue weighted by atomic mass is 16.7. The van der Waals surface area contributed by atoms with Gasteiger partial charge in [0.25, 0.3) is 0 Å². The Morgan fingerprint density at radius 1 is 0.759 bits per heavy atom. The first-order valence-electron chi connectivity index (χ1n) is 10.4. The van der Waals surface area contributed by atoms with Gasteiger partial charge in [0.15, 0.2) is 0 Å². The number of benzene rings is 3. The fourth-order valence-corrected chi connectivity index (χ4v) is 4.50. The van der Waals surface area contributed by atoms with E-state index in [4.69, 9.17) is 9.31 Å². The first-order chi connectivity index (χ1) is 14.0. The first-order valence-corrected chi connectivity index (χ1v) is 10.4. The fraction of sp³-hybridized carbons (Fsp3) is 0.280. The van der Waals surface area contributed by atoms with Gasteiger partial charge in [0.2, 0.25) is 0 Å². The number of hydrogen-bond donors (Lipinski definition) is 0. The second-order valence-corrected chi connectivity index (χ2v) is 8.59. The van der Waals surface area contributed by atoms with E-state index in [2.05, 4.69) is 105 Å². The molecule has 146 valence electrons. The second-order valence-electron chi connectivity index (χ2n) is 8.59. The van der Waals surface area contributed by atoms with Crippen LogP contribution in [0.5, 0.6) is 0 Å². The van der Waals surface area contributed by atoms with Crippen LogP contribution in [0.3, 0.4) is 0 Å². The van der Waals surface area contributed by atoms with E-state index in [1.165, 1.54) is 21.8 Å². The number of rotatable bonds is 3. The van der Waals surface area contributed by atoms with Crippen LogP contribution in [0, 0.1) is 0 Å². The molecule has 1 aromatic heterocycles. The van der Waals surface area contributed by atoms with Gasteiger partial charge in [-0.2, -0.15) is 0 Å². The molecule has 0 spiro atoms. The minimum absolute atomic E-state index is 0.328. The Labute approximate surface area is 172 Å². The van der Waals surface area contributed by atoms with E-state index in [0.29, 0.717) is 0 Å². The van der Waals surface area contributed by atoms with Gasteiger partial charge in [0.05, 0.1) is 22.2 Å². The van der Waals surface area contributed by atoms with Gasteiger partial charge < -0.3 is 13.9 Å². The van der Waals surface area contributed by atoms with Crippen LogP contribution in [-0.4, -0.2) is 22.9 Å². The Balaban J connectivity index is 1.74. The molecule has 1 atom stereocenters. The zero-order chi connectivity index (χ0) is 20.2. The Hall–Kier alpha value is -2.56. The van der Waals surface area contributed by atoms with Gasteiger partial charge in [-0.15, -0.1) is 0 Å². The number of fused-ring (bicyclic) bond motifs is 3. The number of aromatic nitrogens is 1. The summed E-state index contributed by atoms with van der Waals surface area (Å²) in [6.07, 6.45) is 0.897. The minimum Gasteiger partial charge on any atom is -0.399 e. The van der Waals surface area contributed by atoms with Crippen LogP contribution >= 0.6 is 0 Å².